The van der Waals surface area contributed by atoms with Crippen molar-refractivity contribution in [3.63, 3.8) is 0 Å². The maximum atomic E-state index is 12.4. The number of aliphatic hydroxyl groups is 1. The summed E-state index contributed by atoms with van der Waals surface area (Å²) in [7, 11) is 0. The topological polar surface area (TPSA) is 62.1 Å². The highest BCUT2D eigenvalue weighted by molar-refractivity contribution is 6.30. The molecule has 35 heavy (non-hydrogen) atoms. The fourth-order valence-corrected chi connectivity index (χ4v) is 4.49. The molecule has 1 radical (unpaired) electrons. The second kappa shape index (κ2) is 10.4. The lowest BCUT2D eigenvalue weighted by atomic mass is 9.85. The van der Waals surface area contributed by atoms with E-state index < -0.39 is 11.5 Å². The highest BCUT2D eigenvalue weighted by atomic mass is 35.5. The number of hydrogen-bond donors (Lipinski definition) is 1. The summed E-state index contributed by atoms with van der Waals surface area (Å²) in [4.78, 5) is 19.0. The third kappa shape index (κ3) is 5.08. The number of nitrogens with zero attached hydrogens (tertiary/aromatic N) is 2. The molecule has 0 aliphatic carbocycles. The minimum Gasteiger partial charge on any atom is -0.493 e. The Kier molecular flexibility index (Phi) is 7.50. The minimum atomic E-state index is -0.448. The third-order valence-corrected chi connectivity index (χ3v) is 6.79. The van der Waals surface area contributed by atoms with E-state index in [0.717, 1.165) is 16.7 Å². The molecule has 0 fully saturated rings. The number of ether oxygens (including phenoxy) is 1. The van der Waals surface area contributed by atoms with Crippen LogP contribution in [0.3, 0.4) is 0 Å². The number of amidine groups is 1. The van der Waals surface area contributed by atoms with E-state index in [9.17, 15) is 9.90 Å². The van der Waals surface area contributed by atoms with Gasteiger partial charge < -0.3 is 9.84 Å². The van der Waals surface area contributed by atoms with Crippen molar-refractivity contribution in [1.29, 1.82) is 0 Å². The summed E-state index contributed by atoms with van der Waals surface area (Å²) in [6.07, 6.45) is 2.11. The summed E-state index contributed by atoms with van der Waals surface area (Å²) in [6.45, 7) is 6.26. The van der Waals surface area contributed by atoms with Crippen LogP contribution in [0.5, 0.6) is 5.75 Å². The first-order valence-corrected chi connectivity index (χ1v) is 12.2. The maximum absolute atomic E-state index is 12.4. The van der Waals surface area contributed by atoms with Gasteiger partial charge in [0, 0.05) is 15.5 Å². The lowest BCUT2D eigenvalue weighted by Crippen LogP contribution is -2.31. The molecule has 1 aliphatic rings. The molecule has 0 aromatic heterocycles. The van der Waals surface area contributed by atoms with E-state index in [-0.39, 0.29) is 12.6 Å². The molecule has 4 rings (SSSR count). The molecule has 2 atom stereocenters. The smallest absolute Gasteiger partial charge is 0.318 e. The molecule has 5 nitrogen and oxygen atoms in total. The zero-order valence-corrected chi connectivity index (χ0v) is 21.3. The van der Waals surface area contributed by atoms with Gasteiger partial charge in [-0.25, -0.2) is 0 Å². The van der Waals surface area contributed by atoms with Crippen LogP contribution in [0, 0.1) is 0 Å². The second-order valence-corrected chi connectivity index (χ2v) is 9.97. The molecule has 0 unspecified atom stereocenters. The predicted octanol–water partition coefficient (Wildman–Crippen LogP) is 6.27. The summed E-state index contributed by atoms with van der Waals surface area (Å²) in [5, 5.41) is 11.1. The average Bonchev–Trinajstić information content (AvgIpc) is 3.24. The molecule has 7 heteroatoms. The molecule has 1 aliphatic heterocycles. The van der Waals surface area contributed by atoms with Gasteiger partial charge in [-0.05, 0) is 60.0 Å². The zero-order chi connectivity index (χ0) is 25.2. The Hall–Kier alpha value is -2.86. The van der Waals surface area contributed by atoms with Crippen molar-refractivity contribution >= 4 is 35.4 Å². The Balaban J connectivity index is 1.87. The van der Waals surface area contributed by atoms with Crippen molar-refractivity contribution in [1.82, 2.24) is 4.90 Å². The van der Waals surface area contributed by atoms with Crippen LogP contribution >= 0.6 is 23.2 Å². The van der Waals surface area contributed by atoms with Gasteiger partial charge in [-0.3, -0.25) is 14.7 Å². The van der Waals surface area contributed by atoms with Gasteiger partial charge >= 0.3 is 6.41 Å². The van der Waals surface area contributed by atoms with Gasteiger partial charge in [0.15, 0.2) is 0 Å². The summed E-state index contributed by atoms with van der Waals surface area (Å²) in [6, 6.07) is 19.8. The number of aliphatic hydroxyl groups excluding tert-OH is 1. The number of hydrogen-bond acceptors (Lipinski definition) is 4. The molecular weight excluding hydrogens is 483 g/mol. The lowest BCUT2D eigenvalue weighted by Gasteiger charge is -2.27. The lowest BCUT2D eigenvalue weighted by molar-refractivity contribution is 0.218. The Morgan fingerprint density at radius 2 is 1.60 bits per heavy atom. The first-order chi connectivity index (χ1) is 16.8. The van der Waals surface area contributed by atoms with E-state index in [1.54, 1.807) is 12.1 Å². The minimum absolute atomic E-state index is 0.00954. The van der Waals surface area contributed by atoms with Crippen molar-refractivity contribution in [2.24, 2.45) is 4.99 Å². The molecule has 3 aromatic rings. The van der Waals surface area contributed by atoms with E-state index in [4.69, 9.17) is 32.9 Å². The van der Waals surface area contributed by atoms with Crippen LogP contribution in [0.4, 0.5) is 0 Å². The summed E-state index contributed by atoms with van der Waals surface area (Å²) in [5.41, 5.74) is 2.96. The van der Waals surface area contributed by atoms with Crippen molar-refractivity contribution in [3.05, 3.63) is 99.0 Å². The van der Waals surface area contributed by atoms with Crippen molar-refractivity contribution in [2.45, 2.75) is 38.3 Å². The Morgan fingerprint density at radius 3 is 2.14 bits per heavy atom. The normalized spacial score (nSPS) is 17.9. The standard InChI is InChI=1S/C28H27Cl2N2O3/c1-4-35-24-15-20(28(2,3)16-33)9-14-23(24)27-31-25(18-5-10-21(29)11-6-18)26(32(27)17-34)19-7-12-22(30)13-8-19/h5-15,25-26,33H,4,16H2,1-3H3/t25-,26+/m0/s1. The van der Waals surface area contributed by atoms with Gasteiger partial charge in [0.2, 0.25) is 0 Å². The molecule has 0 bridgehead atoms. The largest absolute Gasteiger partial charge is 0.493 e. The SMILES string of the molecule is CCOc1cc(C(C)(C)CO)ccc1C1=N[C@@H](c2ccc(Cl)cc2)[C@@H](c2ccc(Cl)cc2)N1[C]=O. The first-order valence-electron chi connectivity index (χ1n) is 11.4. The average molecular weight is 510 g/mol. The van der Waals surface area contributed by atoms with Crippen LogP contribution < -0.4 is 4.74 Å². The first kappa shape index (κ1) is 25.2. The number of halogens is 2. The summed E-state index contributed by atoms with van der Waals surface area (Å²) >= 11 is 12.3. The highest BCUT2D eigenvalue weighted by Gasteiger charge is 2.40. The van der Waals surface area contributed by atoms with Gasteiger partial charge in [0.25, 0.3) is 0 Å². The van der Waals surface area contributed by atoms with E-state index in [1.807, 2.05) is 75.4 Å². The molecule has 0 spiro atoms. The summed E-state index contributed by atoms with van der Waals surface area (Å²) in [5.74, 6) is 1.06. The number of rotatable bonds is 8. The van der Waals surface area contributed by atoms with Crippen molar-refractivity contribution in [3.8, 4) is 5.75 Å². The van der Waals surface area contributed by atoms with Crippen LogP contribution in [-0.4, -0.2) is 35.5 Å². The number of aliphatic imine (C=N–C) groups is 1. The number of carbonyl (C=O) groups excluding carboxylic acids is 1. The maximum Gasteiger partial charge on any atom is 0.318 e. The highest BCUT2D eigenvalue weighted by Crippen LogP contribution is 2.44. The number of amides is 1. The van der Waals surface area contributed by atoms with Crippen molar-refractivity contribution in [2.75, 3.05) is 13.2 Å². The molecule has 1 amide bonds. The van der Waals surface area contributed by atoms with Crippen LogP contribution in [0.25, 0.3) is 0 Å². The van der Waals surface area contributed by atoms with Crippen LogP contribution in [-0.2, 0) is 10.2 Å². The predicted molar refractivity (Wildman–Crippen MR) is 140 cm³/mol. The molecule has 3 aromatic carbocycles. The molecule has 1 N–H and O–H groups in total. The van der Waals surface area contributed by atoms with Gasteiger partial charge in [0.1, 0.15) is 17.6 Å². The van der Waals surface area contributed by atoms with E-state index >= 15 is 0 Å². The molecule has 0 saturated heterocycles. The fourth-order valence-electron chi connectivity index (χ4n) is 4.24. The second-order valence-electron chi connectivity index (χ2n) is 9.09. The molecule has 1 heterocycles. The molecule has 181 valence electrons. The van der Waals surface area contributed by atoms with Crippen LogP contribution in [0.1, 0.15) is 55.1 Å². The van der Waals surface area contributed by atoms with Crippen LogP contribution in [0.15, 0.2) is 71.7 Å². The molecule has 0 saturated carbocycles. The Morgan fingerprint density at radius 1 is 1.00 bits per heavy atom. The zero-order valence-electron chi connectivity index (χ0n) is 19.8. The number of benzene rings is 3. The third-order valence-electron chi connectivity index (χ3n) is 6.29. The fraction of sp³-hybridized carbons (Fsp3) is 0.286. The van der Waals surface area contributed by atoms with Gasteiger partial charge in [-0.2, -0.15) is 0 Å². The Bertz CT molecular complexity index is 1220. The van der Waals surface area contributed by atoms with Gasteiger partial charge in [-0.1, -0.05) is 67.4 Å². The van der Waals surface area contributed by atoms with E-state index in [0.29, 0.717) is 33.8 Å². The van der Waals surface area contributed by atoms with Gasteiger partial charge in [-0.15, -0.1) is 0 Å². The monoisotopic (exact) mass is 509 g/mol. The quantitative estimate of drug-likeness (QED) is 0.388. The van der Waals surface area contributed by atoms with Crippen molar-refractivity contribution < 1.29 is 14.6 Å². The van der Waals surface area contributed by atoms with Gasteiger partial charge in [0.05, 0.1) is 24.8 Å². The summed E-state index contributed by atoms with van der Waals surface area (Å²) < 4.78 is 5.98. The van der Waals surface area contributed by atoms with E-state index in [2.05, 4.69) is 6.41 Å². The molecular formula is C28H27Cl2N2O3. The Labute approximate surface area is 216 Å². The van der Waals surface area contributed by atoms with Crippen LogP contribution in [0.2, 0.25) is 10.0 Å². The van der Waals surface area contributed by atoms with E-state index in [1.165, 1.54) is 4.90 Å².